The van der Waals surface area contributed by atoms with Crippen molar-refractivity contribution in [2.24, 2.45) is 11.8 Å². The lowest BCUT2D eigenvalue weighted by Gasteiger charge is -2.29. The molecule has 1 saturated heterocycles. The Hall–Kier alpha value is -1.04. The molecule has 0 aromatic heterocycles. The second-order valence-electron chi connectivity index (χ2n) is 7.36. The summed E-state index contributed by atoms with van der Waals surface area (Å²) in [5.74, 6) is -0.243. The second-order valence-corrected chi connectivity index (χ2v) is 8.27. The Morgan fingerprint density at radius 2 is 1.58 bits per heavy atom. The monoisotopic (exact) mass is 352 g/mol. The minimum Gasteiger partial charge on any atom is -0.352 e. The summed E-state index contributed by atoms with van der Waals surface area (Å²) in [5.41, 5.74) is 0. The Kier molecular flexibility index (Phi) is 5.85. The van der Waals surface area contributed by atoms with E-state index in [4.69, 9.17) is 0 Å². The molecule has 1 aliphatic heterocycles. The number of amides is 3. The van der Waals surface area contributed by atoms with Crippen molar-refractivity contribution in [3.63, 3.8) is 0 Å². The van der Waals surface area contributed by atoms with Crippen molar-refractivity contribution in [3.05, 3.63) is 0 Å². The van der Waals surface area contributed by atoms with E-state index in [0.29, 0.717) is 5.75 Å². The van der Waals surface area contributed by atoms with Gasteiger partial charge in [-0.25, -0.2) is 0 Å². The van der Waals surface area contributed by atoms with Crippen molar-refractivity contribution >= 4 is 29.5 Å². The van der Waals surface area contributed by atoms with Crippen LogP contribution in [-0.2, 0) is 14.4 Å². The maximum absolute atomic E-state index is 12.8. The normalized spacial score (nSPS) is 29.5. The third-order valence-corrected chi connectivity index (χ3v) is 6.41. The SMILES string of the molecule is CSC[C@@H](C(=O)NC1CCCCC1)N1C(=O)[C@H]2CCCC[C@@H]2C1=O. The molecule has 0 aromatic rings. The third kappa shape index (κ3) is 3.48. The number of imide groups is 1. The fraction of sp³-hybridized carbons (Fsp3) is 0.833. The molecule has 24 heavy (non-hydrogen) atoms. The van der Waals surface area contributed by atoms with Crippen LogP contribution in [0.2, 0.25) is 0 Å². The van der Waals surface area contributed by atoms with Gasteiger partial charge < -0.3 is 5.32 Å². The van der Waals surface area contributed by atoms with Gasteiger partial charge in [0, 0.05) is 11.8 Å². The first kappa shape index (κ1) is 17.8. The van der Waals surface area contributed by atoms with Crippen LogP contribution < -0.4 is 5.32 Å². The zero-order valence-electron chi connectivity index (χ0n) is 14.5. The minimum absolute atomic E-state index is 0.109. The Balaban J connectivity index is 1.73. The molecule has 0 radical (unpaired) electrons. The molecule has 3 aliphatic rings. The van der Waals surface area contributed by atoms with Crippen molar-refractivity contribution in [1.82, 2.24) is 10.2 Å². The van der Waals surface area contributed by atoms with Gasteiger partial charge in [0.2, 0.25) is 17.7 Å². The minimum atomic E-state index is -0.646. The standard InChI is InChI=1S/C18H28N2O3S/c1-24-11-15(16(21)19-12-7-3-2-4-8-12)20-17(22)13-9-5-6-10-14(13)18(20)23/h12-15H,2-11H2,1H3,(H,19,21)/t13-,14-,15-/m0/s1. The summed E-state index contributed by atoms with van der Waals surface area (Å²) < 4.78 is 0. The van der Waals surface area contributed by atoms with Gasteiger partial charge in [-0.15, -0.1) is 0 Å². The lowest BCUT2D eigenvalue weighted by molar-refractivity contribution is -0.147. The molecule has 1 N–H and O–H groups in total. The third-order valence-electron chi connectivity index (χ3n) is 5.77. The van der Waals surface area contributed by atoms with Crippen LogP contribution in [0.5, 0.6) is 0 Å². The summed E-state index contributed by atoms with van der Waals surface area (Å²) in [6.45, 7) is 0. The summed E-state index contributed by atoms with van der Waals surface area (Å²) >= 11 is 1.52. The molecule has 2 aliphatic carbocycles. The van der Waals surface area contributed by atoms with Gasteiger partial charge in [-0.2, -0.15) is 11.8 Å². The number of thioether (sulfide) groups is 1. The Morgan fingerprint density at radius 3 is 2.12 bits per heavy atom. The van der Waals surface area contributed by atoms with Crippen LogP contribution in [-0.4, -0.2) is 46.7 Å². The number of hydrogen-bond donors (Lipinski definition) is 1. The quantitative estimate of drug-likeness (QED) is 0.771. The summed E-state index contributed by atoms with van der Waals surface area (Å²) in [4.78, 5) is 39.7. The molecule has 0 unspecified atom stereocenters. The Bertz CT molecular complexity index is 480. The molecule has 5 nitrogen and oxygen atoms in total. The van der Waals surface area contributed by atoms with Crippen LogP contribution in [0.1, 0.15) is 57.8 Å². The number of nitrogens with one attached hydrogen (secondary N) is 1. The highest BCUT2D eigenvalue weighted by Crippen LogP contribution is 2.39. The van der Waals surface area contributed by atoms with Gasteiger partial charge in [0.05, 0.1) is 11.8 Å². The summed E-state index contributed by atoms with van der Waals surface area (Å²) in [5, 5.41) is 3.10. The molecule has 0 spiro atoms. The molecule has 0 bridgehead atoms. The summed E-state index contributed by atoms with van der Waals surface area (Å²) in [7, 11) is 0. The van der Waals surface area contributed by atoms with Crippen LogP contribution in [0.3, 0.4) is 0 Å². The summed E-state index contributed by atoms with van der Waals surface area (Å²) in [6.07, 6.45) is 11.0. The highest BCUT2D eigenvalue weighted by molar-refractivity contribution is 7.98. The first-order chi connectivity index (χ1) is 11.6. The van der Waals surface area contributed by atoms with E-state index in [-0.39, 0.29) is 35.6 Å². The number of rotatable bonds is 5. The molecule has 3 amide bonds. The number of hydrogen-bond acceptors (Lipinski definition) is 4. The first-order valence-corrected chi connectivity index (χ1v) is 10.7. The number of carbonyl (C=O) groups is 3. The van der Waals surface area contributed by atoms with Gasteiger partial charge in [-0.3, -0.25) is 19.3 Å². The van der Waals surface area contributed by atoms with Gasteiger partial charge in [0.25, 0.3) is 0 Å². The van der Waals surface area contributed by atoms with E-state index < -0.39 is 6.04 Å². The van der Waals surface area contributed by atoms with E-state index in [0.717, 1.165) is 51.4 Å². The maximum atomic E-state index is 12.8. The van der Waals surface area contributed by atoms with Crippen LogP contribution in [0.4, 0.5) is 0 Å². The lowest BCUT2D eigenvalue weighted by Crippen LogP contribution is -2.53. The molecular weight excluding hydrogens is 324 g/mol. The van der Waals surface area contributed by atoms with E-state index in [1.165, 1.54) is 23.1 Å². The van der Waals surface area contributed by atoms with Crippen molar-refractivity contribution in [2.75, 3.05) is 12.0 Å². The average molecular weight is 353 g/mol. The van der Waals surface area contributed by atoms with Crippen molar-refractivity contribution in [3.8, 4) is 0 Å². The predicted molar refractivity (Wildman–Crippen MR) is 94.5 cm³/mol. The Morgan fingerprint density at radius 1 is 1.04 bits per heavy atom. The molecule has 0 aromatic carbocycles. The molecular formula is C18H28N2O3S. The molecule has 3 fully saturated rings. The molecule has 2 saturated carbocycles. The Labute approximate surface area is 148 Å². The first-order valence-electron chi connectivity index (χ1n) is 9.29. The molecule has 6 heteroatoms. The average Bonchev–Trinajstić information content (AvgIpc) is 2.85. The van der Waals surface area contributed by atoms with Crippen molar-refractivity contribution in [2.45, 2.75) is 69.9 Å². The number of nitrogens with zero attached hydrogens (tertiary/aromatic N) is 1. The van der Waals surface area contributed by atoms with E-state index in [1.54, 1.807) is 0 Å². The van der Waals surface area contributed by atoms with Gasteiger partial charge >= 0.3 is 0 Å². The van der Waals surface area contributed by atoms with Crippen LogP contribution in [0.15, 0.2) is 0 Å². The maximum Gasteiger partial charge on any atom is 0.244 e. The largest absolute Gasteiger partial charge is 0.352 e. The smallest absolute Gasteiger partial charge is 0.244 e. The zero-order chi connectivity index (χ0) is 17.1. The molecule has 3 rings (SSSR count). The molecule has 3 atom stereocenters. The molecule has 134 valence electrons. The van der Waals surface area contributed by atoms with Gasteiger partial charge in [-0.05, 0) is 31.9 Å². The predicted octanol–water partition coefficient (Wildman–Crippen LogP) is 2.34. The van der Waals surface area contributed by atoms with Crippen LogP contribution in [0.25, 0.3) is 0 Å². The number of fused-ring (bicyclic) bond motifs is 1. The van der Waals surface area contributed by atoms with Crippen molar-refractivity contribution in [1.29, 1.82) is 0 Å². The lowest BCUT2D eigenvalue weighted by atomic mass is 9.81. The fourth-order valence-corrected chi connectivity index (χ4v) is 5.08. The van der Waals surface area contributed by atoms with Gasteiger partial charge in [0.15, 0.2) is 0 Å². The topological polar surface area (TPSA) is 66.5 Å². The van der Waals surface area contributed by atoms with E-state index in [2.05, 4.69) is 5.32 Å². The van der Waals surface area contributed by atoms with E-state index >= 15 is 0 Å². The van der Waals surface area contributed by atoms with E-state index in [9.17, 15) is 14.4 Å². The fourth-order valence-electron chi connectivity index (χ4n) is 4.46. The number of carbonyl (C=O) groups excluding carboxylic acids is 3. The molecule has 1 heterocycles. The van der Waals surface area contributed by atoms with Crippen LogP contribution >= 0.6 is 11.8 Å². The highest BCUT2D eigenvalue weighted by atomic mass is 32.2. The van der Waals surface area contributed by atoms with Gasteiger partial charge in [0.1, 0.15) is 6.04 Å². The highest BCUT2D eigenvalue weighted by Gasteiger charge is 2.51. The zero-order valence-corrected chi connectivity index (χ0v) is 15.3. The number of likely N-dealkylation sites (tertiary alicyclic amines) is 1. The van der Waals surface area contributed by atoms with Gasteiger partial charge in [-0.1, -0.05) is 32.1 Å². The van der Waals surface area contributed by atoms with Crippen LogP contribution in [0, 0.1) is 11.8 Å². The summed E-state index contributed by atoms with van der Waals surface area (Å²) in [6, 6.07) is -0.446. The van der Waals surface area contributed by atoms with E-state index in [1.807, 2.05) is 6.26 Å². The second kappa shape index (κ2) is 7.89. The van der Waals surface area contributed by atoms with Crippen molar-refractivity contribution < 1.29 is 14.4 Å².